The zero-order valence-corrected chi connectivity index (χ0v) is 24.1. The van der Waals surface area contributed by atoms with Crippen LogP contribution < -0.4 is 14.7 Å². The van der Waals surface area contributed by atoms with Crippen LogP contribution in [0.2, 0.25) is 0 Å². The number of anilines is 9. The van der Waals surface area contributed by atoms with Crippen molar-refractivity contribution in [3.63, 3.8) is 0 Å². The first kappa shape index (κ1) is 25.6. The van der Waals surface area contributed by atoms with E-state index in [0.717, 1.165) is 51.4 Å². The molecule has 0 N–H and O–H groups in total. The predicted molar refractivity (Wildman–Crippen MR) is 176 cm³/mol. The molecular formula is C38H32N4. The van der Waals surface area contributed by atoms with Gasteiger partial charge in [0.05, 0.1) is 0 Å². The number of fused-ring (bicyclic) bond motifs is 6. The summed E-state index contributed by atoms with van der Waals surface area (Å²) in [5.41, 5.74) is 11.1. The molecule has 0 fully saturated rings. The normalized spacial score (nSPS) is 12.5. The van der Waals surface area contributed by atoms with Gasteiger partial charge in [0.1, 0.15) is 11.6 Å². The summed E-state index contributed by atoms with van der Waals surface area (Å²) in [6.07, 6.45) is 0. The lowest BCUT2D eigenvalue weighted by molar-refractivity contribution is 1.12. The van der Waals surface area contributed by atoms with Gasteiger partial charge in [-0.3, -0.25) is 9.80 Å². The maximum Gasteiger partial charge on any atom is 0.140 e. The summed E-state index contributed by atoms with van der Waals surface area (Å²) < 4.78 is 0. The van der Waals surface area contributed by atoms with Crippen LogP contribution in [0, 0.1) is 20.8 Å². The predicted octanol–water partition coefficient (Wildman–Crippen LogP) is 10.7. The second-order valence-corrected chi connectivity index (χ2v) is 10.9. The molecule has 0 saturated heterocycles. The van der Waals surface area contributed by atoms with Crippen LogP contribution in [-0.2, 0) is 0 Å². The molecule has 0 atom stereocenters. The van der Waals surface area contributed by atoms with Crippen LogP contribution >= 0.6 is 0 Å². The monoisotopic (exact) mass is 544 g/mol. The molecule has 42 heavy (non-hydrogen) atoms. The summed E-state index contributed by atoms with van der Waals surface area (Å²) in [5.74, 6) is 1.70. The minimum Gasteiger partial charge on any atom is -0.310 e. The van der Waals surface area contributed by atoms with Crippen molar-refractivity contribution in [3.05, 3.63) is 156 Å². The highest BCUT2D eigenvalue weighted by atomic mass is 15.3. The van der Waals surface area contributed by atoms with Crippen LogP contribution in [0.3, 0.4) is 0 Å². The van der Waals surface area contributed by atoms with E-state index in [1.165, 1.54) is 16.7 Å². The van der Waals surface area contributed by atoms with E-state index < -0.39 is 0 Å². The highest BCUT2D eigenvalue weighted by Gasteiger charge is 2.22. The van der Waals surface area contributed by atoms with E-state index in [2.05, 4.69) is 175 Å². The minimum absolute atomic E-state index is 0.851. The van der Waals surface area contributed by atoms with Gasteiger partial charge in [-0.2, -0.15) is 0 Å². The van der Waals surface area contributed by atoms with Crippen molar-refractivity contribution in [2.75, 3.05) is 14.7 Å². The summed E-state index contributed by atoms with van der Waals surface area (Å²) in [4.78, 5) is 12.1. The lowest BCUT2D eigenvalue weighted by Gasteiger charge is -2.32. The number of hydrogen-bond donors (Lipinski definition) is 0. The van der Waals surface area contributed by atoms with Gasteiger partial charge in [0.2, 0.25) is 0 Å². The molecule has 1 aliphatic heterocycles. The van der Waals surface area contributed by atoms with Crippen LogP contribution in [0.15, 0.2) is 140 Å². The highest BCUT2D eigenvalue weighted by molar-refractivity contribution is 5.86. The van der Waals surface area contributed by atoms with Gasteiger partial charge >= 0.3 is 0 Å². The molecule has 4 heteroatoms. The fourth-order valence-electron chi connectivity index (χ4n) is 5.56. The second-order valence-electron chi connectivity index (χ2n) is 10.9. The van der Waals surface area contributed by atoms with Crippen molar-refractivity contribution in [1.29, 1.82) is 0 Å². The molecule has 1 aliphatic rings. The Balaban J connectivity index is 1.53. The van der Waals surface area contributed by atoms with E-state index in [0.29, 0.717) is 0 Å². The Morgan fingerprint density at radius 1 is 0.333 bits per heavy atom. The molecule has 6 aromatic rings. The van der Waals surface area contributed by atoms with E-state index >= 15 is 0 Å². The molecule has 2 heterocycles. The van der Waals surface area contributed by atoms with Gasteiger partial charge in [0.15, 0.2) is 0 Å². The third kappa shape index (κ3) is 4.77. The zero-order chi connectivity index (χ0) is 28.6. The fraction of sp³-hybridized carbons (Fsp3) is 0.0789. The smallest absolute Gasteiger partial charge is 0.140 e. The van der Waals surface area contributed by atoms with E-state index in [-0.39, 0.29) is 0 Å². The largest absolute Gasteiger partial charge is 0.310 e. The van der Waals surface area contributed by atoms with Crippen LogP contribution in [0.25, 0.3) is 0 Å². The third-order valence-electron chi connectivity index (χ3n) is 7.75. The maximum absolute atomic E-state index is 5.30. The Morgan fingerprint density at radius 3 is 1.02 bits per heavy atom. The molecule has 4 nitrogen and oxygen atoms in total. The molecule has 0 radical (unpaired) electrons. The van der Waals surface area contributed by atoms with Crippen molar-refractivity contribution in [2.24, 2.45) is 0 Å². The van der Waals surface area contributed by atoms with Crippen LogP contribution in [-0.4, -0.2) is 4.98 Å². The number of benzene rings is 5. The summed E-state index contributed by atoms with van der Waals surface area (Å²) in [5, 5.41) is 0. The fourth-order valence-corrected chi connectivity index (χ4v) is 5.56. The van der Waals surface area contributed by atoms with E-state index in [1.54, 1.807) is 0 Å². The molecule has 0 amide bonds. The first-order chi connectivity index (χ1) is 20.5. The topological polar surface area (TPSA) is 22.6 Å². The highest BCUT2D eigenvalue weighted by Crippen LogP contribution is 2.44. The number of hydrogen-bond acceptors (Lipinski definition) is 4. The Kier molecular flexibility index (Phi) is 6.44. The quantitative estimate of drug-likeness (QED) is 0.221. The lowest BCUT2D eigenvalue weighted by Crippen LogP contribution is -2.18. The molecule has 0 spiro atoms. The van der Waals surface area contributed by atoms with Gasteiger partial charge in [-0.15, -0.1) is 0 Å². The first-order valence-electron chi connectivity index (χ1n) is 14.3. The molecule has 7 rings (SSSR count). The molecule has 5 aromatic carbocycles. The van der Waals surface area contributed by atoms with Crippen molar-refractivity contribution in [3.8, 4) is 0 Å². The van der Waals surface area contributed by atoms with Gasteiger partial charge in [-0.05, 0) is 106 Å². The Bertz CT molecular complexity index is 1580. The van der Waals surface area contributed by atoms with E-state index in [1.807, 2.05) is 0 Å². The van der Waals surface area contributed by atoms with Gasteiger partial charge < -0.3 is 4.90 Å². The maximum atomic E-state index is 5.30. The minimum atomic E-state index is 0.851. The van der Waals surface area contributed by atoms with Gasteiger partial charge in [0, 0.05) is 39.8 Å². The lowest BCUT2D eigenvalue weighted by atomic mass is 10.1. The number of aryl methyl sites for hydroxylation is 3. The number of aromatic nitrogens is 1. The van der Waals surface area contributed by atoms with Gasteiger partial charge in [0.25, 0.3) is 0 Å². The molecule has 1 aromatic heterocycles. The molecule has 0 saturated carbocycles. The van der Waals surface area contributed by atoms with Crippen molar-refractivity contribution >= 4 is 51.4 Å². The summed E-state index contributed by atoms with van der Waals surface area (Å²) >= 11 is 0. The van der Waals surface area contributed by atoms with Crippen molar-refractivity contribution in [1.82, 2.24) is 4.98 Å². The first-order valence-corrected chi connectivity index (χ1v) is 14.3. The number of nitrogens with zero attached hydrogens (tertiary/aromatic N) is 4. The average Bonchev–Trinajstić information content (AvgIpc) is 3.01. The van der Waals surface area contributed by atoms with Crippen molar-refractivity contribution < 1.29 is 0 Å². The Hall–Kier alpha value is -5.35. The van der Waals surface area contributed by atoms with E-state index in [9.17, 15) is 0 Å². The van der Waals surface area contributed by atoms with Crippen molar-refractivity contribution in [2.45, 2.75) is 20.8 Å². The summed E-state index contributed by atoms with van der Waals surface area (Å²) in [6.45, 7) is 6.36. The summed E-state index contributed by atoms with van der Waals surface area (Å²) in [7, 11) is 0. The van der Waals surface area contributed by atoms with Crippen LogP contribution in [0.4, 0.5) is 51.4 Å². The second kappa shape index (κ2) is 10.6. The number of rotatable bonds is 3. The van der Waals surface area contributed by atoms with Crippen LogP contribution in [0.5, 0.6) is 0 Å². The van der Waals surface area contributed by atoms with Gasteiger partial charge in [-0.1, -0.05) is 71.3 Å². The molecule has 0 aliphatic carbocycles. The Labute approximate surface area is 247 Å². The standard InChI is InChI=1S/C38H32N4/c1-27-13-19-30(20-14-27)40-33-7-4-9-35(25-33)41(31-21-15-28(2)16-22-31)37-11-6-12-38(39-37)42(32-23-17-29(3)18-24-32)36-10-5-8-34(40)26-36/h4-26H,1-3H3. The Morgan fingerprint density at radius 2 is 0.643 bits per heavy atom. The SMILES string of the molecule is Cc1ccc(N2c3cccc(c3)N(c3ccc(C)cc3)c3cccc(n3)N(c3ccc(C)cc3)c3cccc2c3)cc1. The van der Waals surface area contributed by atoms with E-state index in [4.69, 9.17) is 4.98 Å². The molecule has 0 unspecified atom stereocenters. The average molecular weight is 545 g/mol. The molecular weight excluding hydrogens is 512 g/mol. The van der Waals surface area contributed by atoms with Crippen LogP contribution in [0.1, 0.15) is 16.7 Å². The number of pyridine rings is 1. The zero-order valence-electron chi connectivity index (χ0n) is 24.1. The molecule has 204 valence electrons. The van der Waals surface area contributed by atoms with Gasteiger partial charge in [-0.25, -0.2) is 4.98 Å². The summed E-state index contributed by atoms with van der Waals surface area (Å²) in [6, 6.07) is 49.7. The molecule has 6 bridgehead atoms. The third-order valence-corrected chi connectivity index (χ3v) is 7.75.